The summed E-state index contributed by atoms with van der Waals surface area (Å²) in [7, 11) is 2.05. The molecule has 6 rings (SSSR count). The molecule has 5 heterocycles. The Labute approximate surface area is 167 Å². The number of fused-ring (bicyclic) bond motifs is 3. The van der Waals surface area contributed by atoms with Gasteiger partial charge in [-0.3, -0.25) is 9.58 Å². The first-order chi connectivity index (χ1) is 14.3. The zero-order chi connectivity index (χ0) is 19.4. The van der Waals surface area contributed by atoms with Crippen LogP contribution in [0, 0.1) is 0 Å². The number of benzene rings is 1. The predicted molar refractivity (Wildman–Crippen MR) is 109 cm³/mol. The molecular weight excluding hydrogens is 364 g/mol. The van der Waals surface area contributed by atoms with Crippen molar-refractivity contribution in [3.8, 4) is 11.5 Å². The number of para-hydroxylation sites is 2. The maximum atomic E-state index is 4.84. The van der Waals surface area contributed by atoms with Crippen LogP contribution in [0.5, 0.6) is 0 Å². The third-order valence-electron chi connectivity index (χ3n) is 5.64. The van der Waals surface area contributed by atoms with E-state index in [1.54, 1.807) is 0 Å². The first-order valence-electron chi connectivity index (χ1n) is 9.74. The highest BCUT2D eigenvalue weighted by Crippen LogP contribution is 2.25. The normalized spacial score (nSPS) is 14.7. The van der Waals surface area contributed by atoms with Gasteiger partial charge in [0.25, 0.3) is 0 Å². The molecule has 5 aromatic rings. The molecule has 8 heteroatoms. The molecule has 0 fully saturated rings. The Morgan fingerprint density at radius 3 is 2.97 bits per heavy atom. The molecule has 4 aromatic heterocycles. The highest BCUT2D eigenvalue weighted by atomic mass is 15.3. The van der Waals surface area contributed by atoms with Crippen molar-refractivity contribution in [1.82, 2.24) is 38.8 Å². The Morgan fingerprint density at radius 1 is 1.10 bits per heavy atom. The Kier molecular flexibility index (Phi) is 3.54. The second kappa shape index (κ2) is 6.25. The Bertz CT molecular complexity index is 1340. The minimum absolute atomic E-state index is 0.827. The average Bonchev–Trinajstić information content (AvgIpc) is 3.44. The summed E-state index contributed by atoms with van der Waals surface area (Å²) >= 11 is 0. The average molecular weight is 384 g/mol. The van der Waals surface area contributed by atoms with Gasteiger partial charge in [0.2, 0.25) is 0 Å². The van der Waals surface area contributed by atoms with E-state index in [0.717, 1.165) is 59.9 Å². The zero-order valence-electron chi connectivity index (χ0n) is 16.1. The molecule has 0 aliphatic carbocycles. The number of imidazole rings is 1. The second-order valence-electron chi connectivity index (χ2n) is 7.50. The van der Waals surface area contributed by atoms with Crippen molar-refractivity contribution in [3.05, 3.63) is 66.2 Å². The van der Waals surface area contributed by atoms with Gasteiger partial charge in [-0.05, 0) is 24.3 Å². The maximum absolute atomic E-state index is 4.84. The van der Waals surface area contributed by atoms with E-state index >= 15 is 0 Å². The van der Waals surface area contributed by atoms with E-state index in [9.17, 15) is 0 Å². The van der Waals surface area contributed by atoms with Crippen molar-refractivity contribution < 1.29 is 0 Å². The number of aromatic nitrogens is 7. The number of aryl methyl sites for hydroxylation is 1. The summed E-state index contributed by atoms with van der Waals surface area (Å²) in [6, 6.07) is 12.3. The van der Waals surface area contributed by atoms with E-state index in [1.165, 1.54) is 5.69 Å². The van der Waals surface area contributed by atoms with Gasteiger partial charge in [0.1, 0.15) is 5.69 Å². The lowest BCUT2D eigenvalue weighted by atomic mass is 10.2. The van der Waals surface area contributed by atoms with Gasteiger partial charge in [0.15, 0.2) is 11.5 Å². The van der Waals surface area contributed by atoms with Gasteiger partial charge in [-0.25, -0.2) is 14.5 Å². The molecule has 144 valence electrons. The van der Waals surface area contributed by atoms with Gasteiger partial charge in [0, 0.05) is 44.6 Å². The molecule has 29 heavy (non-hydrogen) atoms. The van der Waals surface area contributed by atoms with Crippen LogP contribution in [0.15, 0.2) is 55.0 Å². The third kappa shape index (κ3) is 2.64. The van der Waals surface area contributed by atoms with E-state index in [-0.39, 0.29) is 0 Å². The van der Waals surface area contributed by atoms with Crippen LogP contribution < -0.4 is 0 Å². The molecule has 0 saturated carbocycles. The van der Waals surface area contributed by atoms with Crippen LogP contribution in [-0.4, -0.2) is 45.4 Å². The second-order valence-corrected chi connectivity index (χ2v) is 7.50. The molecule has 0 unspecified atom stereocenters. The van der Waals surface area contributed by atoms with Crippen LogP contribution in [0.25, 0.3) is 28.2 Å². The maximum Gasteiger partial charge on any atom is 0.161 e. The van der Waals surface area contributed by atoms with E-state index in [0.29, 0.717) is 0 Å². The number of hydrogen-bond acceptors (Lipinski definition) is 5. The van der Waals surface area contributed by atoms with Crippen LogP contribution in [0.1, 0.15) is 11.3 Å². The molecule has 1 aliphatic heterocycles. The smallest absolute Gasteiger partial charge is 0.161 e. The van der Waals surface area contributed by atoms with Crippen molar-refractivity contribution >= 4 is 16.7 Å². The molecule has 0 amide bonds. The lowest BCUT2D eigenvalue weighted by Crippen LogP contribution is -2.33. The summed E-state index contributed by atoms with van der Waals surface area (Å²) in [5.41, 5.74) is 6.33. The SMILES string of the molecule is Cn1c(-c2cc3n(n2)CCN(Cc2cnn4cccnc24)C3)nc2ccccc21. The van der Waals surface area contributed by atoms with E-state index in [2.05, 4.69) is 36.4 Å². The van der Waals surface area contributed by atoms with Crippen molar-refractivity contribution in [1.29, 1.82) is 0 Å². The summed E-state index contributed by atoms with van der Waals surface area (Å²) in [5.74, 6) is 0.909. The van der Waals surface area contributed by atoms with E-state index in [4.69, 9.17) is 10.1 Å². The number of nitrogens with zero attached hydrogens (tertiary/aromatic N) is 8. The van der Waals surface area contributed by atoms with Crippen molar-refractivity contribution in [2.75, 3.05) is 6.54 Å². The van der Waals surface area contributed by atoms with Gasteiger partial charge < -0.3 is 4.57 Å². The third-order valence-corrected chi connectivity index (χ3v) is 5.64. The highest BCUT2D eigenvalue weighted by molar-refractivity contribution is 5.79. The summed E-state index contributed by atoms with van der Waals surface area (Å²) in [5, 5.41) is 9.24. The first kappa shape index (κ1) is 16.4. The van der Waals surface area contributed by atoms with Crippen LogP contribution in [0.4, 0.5) is 0 Å². The summed E-state index contributed by atoms with van der Waals surface area (Å²) in [6.07, 6.45) is 5.66. The van der Waals surface area contributed by atoms with Gasteiger partial charge in [-0.1, -0.05) is 12.1 Å². The minimum Gasteiger partial charge on any atom is -0.326 e. The van der Waals surface area contributed by atoms with E-state index in [1.807, 2.05) is 54.4 Å². The Balaban J connectivity index is 1.29. The zero-order valence-corrected chi connectivity index (χ0v) is 16.1. The molecule has 0 radical (unpaired) electrons. The van der Waals surface area contributed by atoms with Crippen molar-refractivity contribution in [2.24, 2.45) is 7.05 Å². The van der Waals surface area contributed by atoms with Crippen molar-refractivity contribution in [3.63, 3.8) is 0 Å². The molecule has 0 atom stereocenters. The summed E-state index contributed by atoms with van der Waals surface area (Å²) in [4.78, 5) is 11.7. The lowest BCUT2D eigenvalue weighted by Gasteiger charge is -2.26. The van der Waals surface area contributed by atoms with Gasteiger partial charge in [-0.15, -0.1) is 0 Å². The highest BCUT2D eigenvalue weighted by Gasteiger charge is 2.22. The fourth-order valence-electron chi connectivity index (χ4n) is 4.17. The first-order valence-corrected chi connectivity index (χ1v) is 9.74. The van der Waals surface area contributed by atoms with Crippen LogP contribution in [0.2, 0.25) is 0 Å². The Hall–Kier alpha value is -3.52. The molecule has 8 nitrogen and oxygen atoms in total. The Morgan fingerprint density at radius 2 is 2.03 bits per heavy atom. The van der Waals surface area contributed by atoms with Crippen LogP contribution >= 0.6 is 0 Å². The monoisotopic (exact) mass is 384 g/mol. The molecule has 1 aromatic carbocycles. The van der Waals surface area contributed by atoms with E-state index < -0.39 is 0 Å². The standard InChI is InChI=1S/C21H20N8/c1-26-19-6-3-2-5-17(19)24-21(26)18-11-16-14-27(9-10-28(16)25-18)13-15-12-23-29-8-4-7-22-20(15)29/h2-8,11-12H,9-10,13-14H2,1H3. The van der Waals surface area contributed by atoms with Crippen LogP contribution in [-0.2, 0) is 26.7 Å². The summed E-state index contributed by atoms with van der Waals surface area (Å²) < 4.78 is 6.05. The number of rotatable bonds is 3. The van der Waals surface area contributed by atoms with Gasteiger partial charge in [-0.2, -0.15) is 10.2 Å². The molecule has 1 aliphatic rings. The molecular formula is C21H20N8. The van der Waals surface area contributed by atoms with Gasteiger partial charge in [0.05, 0.1) is 29.5 Å². The fraction of sp³-hybridized carbons (Fsp3) is 0.238. The van der Waals surface area contributed by atoms with Crippen molar-refractivity contribution in [2.45, 2.75) is 19.6 Å². The molecule has 0 bridgehead atoms. The molecule has 0 spiro atoms. The van der Waals surface area contributed by atoms with Gasteiger partial charge >= 0.3 is 0 Å². The largest absolute Gasteiger partial charge is 0.326 e. The number of hydrogen-bond donors (Lipinski definition) is 0. The lowest BCUT2D eigenvalue weighted by molar-refractivity contribution is 0.206. The summed E-state index contributed by atoms with van der Waals surface area (Å²) in [6.45, 7) is 3.49. The fourth-order valence-corrected chi connectivity index (χ4v) is 4.17. The molecule has 0 saturated heterocycles. The predicted octanol–water partition coefficient (Wildman–Crippen LogP) is 2.50. The quantitative estimate of drug-likeness (QED) is 0.478. The minimum atomic E-state index is 0.827. The molecule has 0 N–H and O–H groups in total. The topological polar surface area (TPSA) is 69.1 Å². The van der Waals surface area contributed by atoms with Crippen LogP contribution in [0.3, 0.4) is 0 Å².